The van der Waals surface area contributed by atoms with E-state index in [4.69, 9.17) is 4.74 Å². The van der Waals surface area contributed by atoms with E-state index >= 15 is 0 Å². The highest BCUT2D eigenvalue weighted by molar-refractivity contribution is 7.89. The molecule has 0 heterocycles. The predicted molar refractivity (Wildman–Crippen MR) is 103 cm³/mol. The number of hydrogen-bond donors (Lipinski definition) is 1. The van der Waals surface area contributed by atoms with Crippen LogP contribution in [0.1, 0.15) is 22.7 Å². The van der Waals surface area contributed by atoms with E-state index in [0.717, 1.165) is 16.7 Å². The van der Waals surface area contributed by atoms with Crippen molar-refractivity contribution in [1.82, 2.24) is 4.72 Å². The van der Waals surface area contributed by atoms with Crippen molar-refractivity contribution in [2.45, 2.75) is 17.9 Å². The normalized spacial score (nSPS) is 12.5. The molecule has 5 heteroatoms. The summed E-state index contributed by atoms with van der Waals surface area (Å²) < 4.78 is 34.2. The molecule has 0 aliphatic rings. The van der Waals surface area contributed by atoms with E-state index in [9.17, 15) is 8.42 Å². The molecule has 3 aromatic carbocycles. The lowest BCUT2D eigenvalue weighted by atomic mass is 9.99. The molecule has 0 spiro atoms. The maximum absolute atomic E-state index is 12.9. The van der Waals surface area contributed by atoms with E-state index in [2.05, 4.69) is 4.72 Å². The minimum Gasteiger partial charge on any atom is -0.496 e. The maximum atomic E-state index is 12.9. The smallest absolute Gasteiger partial charge is 0.241 e. The van der Waals surface area contributed by atoms with Gasteiger partial charge in [0.2, 0.25) is 10.0 Å². The van der Waals surface area contributed by atoms with Gasteiger partial charge in [-0.05, 0) is 30.7 Å². The molecular formula is C21H21NO3S. The van der Waals surface area contributed by atoms with E-state index in [1.54, 1.807) is 31.4 Å². The SMILES string of the molecule is COc1ccccc1C(NS(=O)(=O)c1ccc(C)cc1)c1ccccc1. The molecule has 1 unspecified atom stereocenters. The van der Waals surface area contributed by atoms with Crippen LogP contribution in [0.4, 0.5) is 0 Å². The Bertz CT molecular complexity index is 968. The number of hydrogen-bond acceptors (Lipinski definition) is 3. The van der Waals surface area contributed by atoms with E-state index in [0.29, 0.717) is 5.75 Å². The van der Waals surface area contributed by atoms with Crippen molar-refractivity contribution in [3.63, 3.8) is 0 Å². The summed E-state index contributed by atoms with van der Waals surface area (Å²) in [5, 5.41) is 0. The number of sulfonamides is 1. The molecule has 0 amide bonds. The fraction of sp³-hybridized carbons (Fsp3) is 0.143. The van der Waals surface area contributed by atoms with Gasteiger partial charge >= 0.3 is 0 Å². The molecule has 0 saturated heterocycles. The number of nitrogens with one attached hydrogen (secondary N) is 1. The first-order valence-corrected chi connectivity index (χ1v) is 9.76. The van der Waals surface area contributed by atoms with Crippen molar-refractivity contribution in [2.24, 2.45) is 0 Å². The molecule has 0 aromatic heterocycles. The largest absolute Gasteiger partial charge is 0.496 e. The quantitative estimate of drug-likeness (QED) is 0.714. The Labute approximate surface area is 154 Å². The number of rotatable bonds is 6. The lowest BCUT2D eigenvalue weighted by Crippen LogP contribution is -2.29. The minimum absolute atomic E-state index is 0.235. The zero-order valence-electron chi connectivity index (χ0n) is 14.7. The minimum atomic E-state index is -3.70. The second-order valence-corrected chi connectivity index (χ2v) is 7.73. The lowest BCUT2D eigenvalue weighted by molar-refractivity contribution is 0.406. The molecule has 3 aromatic rings. The van der Waals surface area contributed by atoms with Crippen molar-refractivity contribution in [1.29, 1.82) is 0 Å². The van der Waals surface area contributed by atoms with Crippen molar-refractivity contribution >= 4 is 10.0 Å². The third-order valence-corrected chi connectivity index (χ3v) is 5.63. The number of ether oxygens (including phenoxy) is 1. The van der Waals surface area contributed by atoms with E-state index in [1.807, 2.05) is 61.5 Å². The van der Waals surface area contributed by atoms with Crippen LogP contribution in [0, 0.1) is 6.92 Å². The van der Waals surface area contributed by atoms with Gasteiger partial charge in [-0.15, -0.1) is 0 Å². The monoisotopic (exact) mass is 367 g/mol. The molecule has 4 nitrogen and oxygen atoms in total. The summed E-state index contributed by atoms with van der Waals surface area (Å²) >= 11 is 0. The number of aryl methyl sites for hydroxylation is 1. The summed E-state index contributed by atoms with van der Waals surface area (Å²) in [6, 6.07) is 23.1. The highest BCUT2D eigenvalue weighted by Crippen LogP contribution is 2.31. The summed E-state index contributed by atoms with van der Waals surface area (Å²) in [7, 11) is -2.12. The first-order chi connectivity index (χ1) is 12.5. The Morgan fingerprint density at radius 3 is 2.12 bits per heavy atom. The number of benzene rings is 3. The Kier molecular flexibility index (Phi) is 5.40. The second-order valence-electron chi connectivity index (χ2n) is 6.02. The summed E-state index contributed by atoms with van der Waals surface area (Å²) in [6.07, 6.45) is 0. The highest BCUT2D eigenvalue weighted by Gasteiger charge is 2.25. The molecule has 0 bridgehead atoms. The molecule has 134 valence electrons. The van der Waals surface area contributed by atoms with Crippen LogP contribution in [-0.4, -0.2) is 15.5 Å². The van der Waals surface area contributed by atoms with Gasteiger partial charge in [-0.2, -0.15) is 4.72 Å². The van der Waals surface area contributed by atoms with Gasteiger partial charge in [-0.25, -0.2) is 8.42 Å². The zero-order valence-corrected chi connectivity index (χ0v) is 15.5. The standard InChI is InChI=1S/C21H21NO3S/c1-16-12-14-18(15-13-16)26(23,24)22-21(17-8-4-3-5-9-17)19-10-6-7-11-20(19)25-2/h3-15,21-22H,1-2H3. The Morgan fingerprint density at radius 1 is 0.846 bits per heavy atom. The molecule has 0 fully saturated rings. The molecule has 3 rings (SSSR count). The van der Waals surface area contributed by atoms with E-state index < -0.39 is 16.1 Å². The van der Waals surface area contributed by atoms with Crippen LogP contribution in [-0.2, 0) is 10.0 Å². The molecular weight excluding hydrogens is 346 g/mol. The Balaban J connectivity index is 2.06. The maximum Gasteiger partial charge on any atom is 0.241 e. The molecule has 1 N–H and O–H groups in total. The topological polar surface area (TPSA) is 55.4 Å². The van der Waals surface area contributed by atoms with Crippen LogP contribution in [0.2, 0.25) is 0 Å². The summed E-state index contributed by atoms with van der Waals surface area (Å²) in [6.45, 7) is 1.92. The summed E-state index contributed by atoms with van der Waals surface area (Å²) in [5.41, 5.74) is 2.61. The van der Waals surface area contributed by atoms with Gasteiger partial charge in [0.15, 0.2) is 0 Å². The van der Waals surface area contributed by atoms with Gasteiger partial charge < -0.3 is 4.74 Å². The number of para-hydroxylation sites is 1. The van der Waals surface area contributed by atoms with Crippen molar-refractivity contribution in [2.75, 3.05) is 7.11 Å². The fourth-order valence-electron chi connectivity index (χ4n) is 2.80. The van der Waals surface area contributed by atoms with E-state index in [1.165, 1.54) is 0 Å². The molecule has 0 aliphatic heterocycles. The van der Waals surface area contributed by atoms with Crippen LogP contribution < -0.4 is 9.46 Å². The molecule has 0 aliphatic carbocycles. The third-order valence-electron chi connectivity index (χ3n) is 4.19. The van der Waals surface area contributed by atoms with Crippen LogP contribution in [0.3, 0.4) is 0 Å². The van der Waals surface area contributed by atoms with Crippen LogP contribution in [0.15, 0.2) is 83.8 Å². The van der Waals surface area contributed by atoms with Gasteiger partial charge in [-0.3, -0.25) is 0 Å². The Morgan fingerprint density at radius 2 is 1.46 bits per heavy atom. The third kappa shape index (κ3) is 3.95. The summed E-state index contributed by atoms with van der Waals surface area (Å²) in [5.74, 6) is 0.632. The first-order valence-electron chi connectivity index (χ1n) is 8.28. The van der Waals surface area contributed by atoms with Crippen LogP contribution in [0.5, 0.6) is 5.75 Å². The first kappa shape index (κ1) is 18.2. The van der Waals surface area contributed by atoms with E-state index in [-0.39, 0.29) is 4.90 Å². The predicted octanol–water partition coefficient (Wildman–Crippen LogP) is 4.07. The lowest BCUT2D eigenvalue weighted by Gasteiger charge is -2.22. The van der Waals surface area contributed by atoms with Crippen molar-refractivity contribution < 1.29 is 13.2 Å². The van der Waals surface area contributed by atoms with Gasteiger partial charge in [0.1, 0.15) is 5.75 Å². The van der Waals surface area contributed by atoms with Crippen molar-refractivity contribution in [3.05, 3.63) is 95.6 Å². The summed E-state index contributed by atoms with van der Waals surface area (Å²) in [4.78, 5) is 0.235. The average Bonchev–Trinajstić information content (AvgIpc) is 2.67. The highest BCUT2D eigenvalue weighted by atomic mass is 32.2. The van der Waals surface area contributed by atoms with Crippen molar-refractivity contribution in [3.8, 4) is 5.75 Å². The van der Waals surface area contributed by atoms with Crippen LogP contribution in [0.25, 0.3) is 0 Å². The molecule has 26 heavy (non-hydrogen) atoms. The zero-order chi connectivity index (χ0) is 18.6. The average molecular weight is 367 g/mol. The molecule has 0 saturated carbocycles. The second kappa shape index (κ2) is 7.72. The van der Waals surface area contributed by atoms with Gasteiger partial charge in [-0.1, -0.05) is 66.2 Å². The van der Waals surface area contributed by atoms with Gasteiger partial charge in [0, 0.05) is 5.56 Å². The molecule has 0 radical (unpaired) electrons. The Hall–Kier alpha value is -2.63. The number of methoxy groups -OCH3 is 1. The fourth-order valence-corrected chi connectivity index (χ4v) is 4.01. The molecule has 1 atom stereocenters. The van der Waals surface area contributed by atoms with Gasteiger partial charge in [0.05, 0.1) is 18.0 Å². The van der Waals surface area contributed by atoms with Gasteiger partial charge in [0.25, 0.3) is 0 Å². The van der Waals surface area contributed by atoms with Crippen LogP contribution >= 0.6 is 0 Å².